The summed E-state index contributed by atoms with van der Waals surface area (Å²) in [4.78, 5) is 12.0. The van der Waals surface area contributed by atoms with Crippen molar-refractivity contribution in [3.63, 3.8) is 0 Å². The normalized spacial score (nSPS) is 35.4. The Morgan fingerprint density at radius 3 is 2.44 bits per heavy atom. The number of esters is 1. The van der Waals surface area contributed by atoms with Crippen molar-refractivity contribution < 1.29 is 59.1 Å². The second-order valence-corrected chi connectivity index (χ2v) is 9.19. The van der Waals surface area contributed by atoms with Crippen molar-refractivity contribution in [2.75, 3.05) is 26.4 Å². The standard InChI is InChI=1S/C24H36O12/c1-3-13(2)21(30)32-11-24(31)12-33-23(20(24)29)36-19-18(28)17(27)16(10-26)35-22(19)34-15-6-4-14(5-7-15)8-9-25/h4-7,13,16-20,22-23,25-29,31H,3,8-12H2,1-2H3/t13-,16+,17+,18-,19+,20-,22+,23-,24-/m0/s1. The van der Waals surface area contributed by atoms with Crippen molar-refractivity contribution in [2.24, 2.45) is 5.92 Å². The Bertz CT molecular complexity index is 835. The van der Waals surface area contributed by atoms with Gasteiger partial charge in [-0.05, 0) is 30.5 Å². The third kappa shape index (κ3) is 6.52. The number of aliphatic hydroxyl groups excluding tert-OH is 5. The van der Waals surface area contributed by atoms with E-state index in [9.17, 15) is 30.3 Å². The van der Waals surface area contributed by atoms with Gasteiger partial charge in [-0.2, -0.15) is 0 Å². The summed E-state index contributed by atoms with van der Waals surface area (Å²) in [5.41, 5.74) is -1.10. The Morgan fingerprint density at radius 1 is 1.14 bits per heavy atom. The molecule has 2 saturated heterocycles. The molecule has 36 heavy (non-hydrogen) atoms. The van der Waals surface area contributed by atoms with E-state index in [0.29, 0.717) is 18.6 Å². The first-order chi connectivity index (χ1) is 17.1. The molecule has 0 bridgehead atoms. The highest BCUT2D eigenvalue weighted by molar-refractivity contribution is 5.71. The lowest BCUT2D eigenvalue weighted by molar-refractivity contribution is -0.318. The van der Waals surface area contributed by atoms with Gasteiger partial charge in [-0.3, -0.25) is 4.79 Å². The molecule has 0 aromatic heterocycles. The zero-order chi connectivity index (χ0) is 26.5. The van der Waals surface area contributed by atoms with Crippen molar-refractivity contribution in [1.82, 2.24) is 0 Å². The molecule has 0 spiro atoms. The molecule has 2 aliphatic heterocycles. The minimum atomic E-state index is -1.96. The summed E-state index contributed by atoms with van der Waals surface area (Å²) in [6, 6.07) is 6.68. The summed E-state index contributed by atoms with van der Waals surface area (Å²) in [7, 11) is 0. The summed E-state index contributed by atoms with van der Waals surface area (Å²) >= 11 is 0. The van der Waals surface area contributed by atoms with Crippen molar-refractivity contribution in [1.29, 1.82) is 0 Å². The van der Waals surface area contributed by atoms with Gasteiger partial charge in [0, 0.05) is 6.61 Å². The molecule has 2 fully saturated rings. The maximum atomic E-state index is 12.0. The van der Waals surface area contributed by atoms with Crippen LogP contribution in [0.5, 0.6) is 5.75 Å². The molecule has 0 amide bonds. The minimum Gasteiger partial charge on any atom is -0.462 e. The SMILES string of the molecule is CC[C@H](C)C(=O)OC[C@]1(O)CO[C@@H](O[C@H]2[C@H](Oc3ccc(CCO)cc3)O[C@H](CO)[C@@H](O)[C@@H]2O)[C@@H]1O. The van der Waals surface area contributed by atoms with Gasteiger partial charge in [-0.1, -0.05) is 26.0 Å². The number of aliphatic hydroxyl groups is 6. The first kappa shape index (κ1) is 28.7. The van der Waals surface area contributed by atoms with Crippen molar-refractivity contribution in [3.8, 4) is 5.75 Å². The molecular weight excluding hydrogens is 480 g/mol. The van der Waals surface area contributed by atoms with Crippen molar-refractivity contribution in [3.05, 3.63) is 29.8 Å². The lowest BCUT2D eigenvalue weighted by atomic mass is 9.98. The molecule has 2 heterocycles. The van der Waals surface area contributed by atoms with E-state index in [0.717, 1.165) is 5.56 Å². The predicted octanol–water partition coefficient (Wildman–Crippen LogP) is -1.54. The number of ether oxygens (including phenoxy) is 5. The highest BCUT2D eigenvalue weighted by atomic mass is 16.8. The fraction of sp³-hybridized carbons (Fsp3) is 0.708. The van der Waals surface area contributed by atoms with Gasteiger partial charge in [0.2, 0.25) is 6.29 Å². The number of hydrogen-bond donors (Lipinski definition) is 6. The molecule has 6 N–H and O–H groups in total. The molecule has 1 aromatic rings. The van der Waals surface area contributed by atoms with E-state index in [1.807, 2.05) is 6.92 Å². The Morgan fingerprint density at radius 2 is 1.83 bits per heavy atom. The highest BCUT2D eigenvalue weighted by Crippen LogP contribution is 2.32. The number of carbonyl (C=O) groups is 1. The Balaban J connectivity index is 1.71. The number of hydrogen-bond acceptors (Lipinski definition) is 12. The molecule has 2 aliphatic rings. The first-order valence-electron chi connectivity index (χ1n) is 12.0. The van der Waals surface area contributed by atoms with Crippen LogP contribution in [0.4, 0.5) is 0 Å². The van der Waals surface area contributed by atoms with Crippen LogP contribution in [0.3, 0.4) is 0 Å². The molecule has 3 rings (SSSR count). The third-order valence-corrected chi connectivity index (χ3v) is 6.48. The van der Waals surface area contributed by atoms with Crippen LogP contribution in [0.2, 0.25) is 0 Å². The van der Waals surface area contributed by atoms with Crippen LogP contribution in [-0.4, -0.2) is 112 Å². The molecule has 0 unspecified atom stereocenters. The van der Waals surface area contributed by atoms with Crippen LogP contribution < -0.4 is 4.74 Å². The van der Waals surface area contributed by atoms with Gasteiger partial charge in [0.05, 0.1) is 19.1 Å². The Kier molecular flexibility index (Phi) is 10.0. The molecule has 0 saturated carbocycles. The van der Waals surface area contributed by atoms with Crippen LogP contribution >= 0.6 is 0 Å². The minimum absolute atomic E-state index is 0.0169. The Labute approximate surface area is 208 Å². The van der Waals surface area contributed by atoms with Crippen LogP contribution in [0.15, 0.2) is 24.3 Å². The molecular formula is C24H36O12. The van der Waals surface area contributed by atoms with Gasteiger partial charge in [0.15, 0.2) is 18.0 Å². The topological polar surface area (TPSA) is 185 Å². The van der Waals surface area contributed by atoms with E-state index < -0.39 is 74.5 Å². The van der Waals surface area contributed by atoms with E-state index in [1.54, 1.807) is 31.2 Å². The number of carbonyl (C=O) groups excluding carboxylic acids is 1. The molecule has 12 heteroatoms. The predicted molar refractivity (Wildman–Crippen MR) is 122 cm³/mol. The monoisotopic (exact) mass is 516 g/mol. The lowest BCUT2D eigenvalue weighted by Gasteiger charge is -2.42. The second-order valence-electron chi connectivity index (χ2n) is 9.19. The number of benzene rings is 1. The molecule has 0 aliphatic carbocycles. The van der Waals surface area contributed by atoms with E-state index in [4.69, 9.17) is 28.8 Å². The van der Waals surface area contributed by atoms with Crippen LogP contribution in [-0.2, 0) is 30.2 Å². The maximum absolute atomic E-state index is 12.0. The quantitative estimate of drug-likeness (QED) is 0.187. The largest absolute Gasteiger partial charge is 0.462 e. The van der Waals surface area contributed by atoms with Gasteiger partial charge in [0.25, 0.3) is 0 Å². The zero-order valence-electron chi connectivity index (χ0n) is 20.3. The number of rotatable bonds is 11. The maximum Gasteiger partial charge on any atom is 0.308 e. The summed E-state index contributed by atoms with van der Waals surface area (Å²) in [5, 5.41) is 61.1. The molecule has 12 nitrogen and oxygen atoms in total. The van der Waals surface area contributed by atoms with Gasteiger partial charge >= 0.3 is 5.97 Å². The van der Waals surface area contributed by atoms with Crippen molar-refractivity contribution >= 4 is 5.97 Å². The van der Waals surface area contributed by atoms with Crippen LogP contribution in [0.25, 0.3) is 0 Å². The molecule has 9 atom stereocenters. The molecule has 0 radical (unpaired) electrons. The lowest BCUT2D eigenvalue weighted by Crippen LogP contribution is -2.62. The van der Waals surface area contributed by atoms with Gasteiger partial charge in [-0.15, -0.1) is 0 Å². The average Bonchev–Trinajstić information content (AvgIpc) is 3.16. The third-order valence-electron chi connectivity index (χ3n) is 6.48. The average molecular weight is 517 g/mol. The van der Waals surface area contributed by atoms with E-state index in [-0.39, 0.29) is 12.5 Å². The Hall–Kier alpha value is -1.87. The fourth-order valence-electron chi connectivity index (χ4n) is 3.85. The smallest absolute Gasteiger partial charge is 0.308 e. The molecule has 204 valence electrons. The zero-order valence-corrected chi connectivity index (χ0v) is 20.3. The summed E-state index contributed by atoms with van der Waals surface area (Å²) in [6.07, 6.45) is -9.20. The first-order valence-corrected chi connectivity index (χ1v) is 12.0. The van der Waals surface area contributed by atoms with Crippen LogP contribution in [0.1, 0.15) is 25.8 Å². The van der Waals surface area contributed by atoms with Crippen LogP contribution in [0, 0.1) is 5.92 Å². The fourth-order valence-corrected chi connectivity index (χ4v) is 3.85. The van der Waals surface area contributed by atoms with E-state index in [2.05, 4.69) is 0 Å². The van der Waals surface area contributed by atoms with E-state index in [1.165, 1.54) is 0 Å². The molecule has 1 aromatic carbocycles. The summed E-state index contributed by atoms with van der Waals surface area (Å²) < 4.78 is 27.6. The van der Waals surface area contributed by atoms with Gasteiger partial charge < -0.3 is 54.3 Å². The van der Waals surface area contributed by atoms with Gasteiger partial charge in [0.1, 0.15) is 36.8 Å². The summed E-state index contributed by atoms with van der Waals surface area (Å²) in [6.45, 7) is 1.91. The summed E-state index contributed by atoms with van der Waals surface area (Å²) in [5.74, 6) is -0.599. The van der Waals surface area contributed by atoms with Crippen molar-refractivity contribution in [2.45, 2.75) is 75.4 Å². The van der Waals surface area contributed by atoms with E-state index >= 15 is 0 Å². The second kappa shape index (κ2) is 12.6. The van der Waals surface area contributed by atoms with Gasteiger partial charge in [-0.25, -0.2) is 0 Å². The highest BCUT2D eigenvalue weighted by Gasteiger charge is 2.54.